The molecule has 3 aromatic rings. The second kappa shape index (κ2) is 6.96. The van der Waals surface area contributed by atoms with Crippen molar-refractivity contribution in [1.29, 1.82) is 0 Å². The third-order valence-corrected chi connectivity index (χ3v) is 6.50. The second-order valence-electron chi connectivity index (χ2n) is 6.54. The van der Waals surface area contributed by atoms with E-state index in [0.29, 0.717) is 16.3 Å². The third-order valence-electron chi connectivity index (χ3n) is 4.74. The van der Waals surface area contributed by atoms with Gasteiger partial charge in [0.25, 0.3) is 0 Å². The van der Waals surface area contributed by atoms with Crippen LogP contribution in [0.4, 0.5) is 5.69 Å². The highest BCUT2D eigenvalue weighted by Gasteiger charge is 2.20. The van der Waals surface area contributed by atoms with Gasteiger partial charge in [-0.3, -0.25) is 4.68 Å². The van der Waals surface area contributed by atoms with Crippen molar-refractivity contribution in [3.8, 4) is 0 Å². The minimum absolute atomic E-state index is 0.320. The Morgan fingerprint density at radius 2 is 1.69 bits per heavy atom. The SMILES string of the molecule is O=S(=O)(c1ccc(Cn2cccn2)cc1)c1cccc(N2CCCC2)c1. The molecule has 134 valence electrons. The number of sulfone groups is 1. The van der Waals surface area contributed by atoms with Crippen molar-refractivity contribution in [1.82, 2.24) is 9.78 Å². The molecule has 5 nitrogen and oxygen atoms in total. The minimum Gasteiger partial charge on any atom is -0.372 e. The molecule has 0 radical (unpaired) electrons. The Bertz CT molecular complexity index is 974. The van der Waals surface area contributed by atoms with Crippen molar-refractivity contribution >= 4 is 15.5 Å². The van der Waals surface area contributed by atoms with E-state index in [1.54, 1.807) is 30.5 Å². The molecular weight excluding hydrogens is 346 g/mol. The van der Waals surface area contributed by atoms with Crippen LogP contribution in [0.3, 0.4) is 0 Å². The van der Waals surface area contributed by atoms with Gasteiger partial charge < -0.3 is 4.90 Å². The number of nitrogens with zero attached hydrogens (tertiary/aromatic N) is 3. The van der Waals surface area contributed by atoms with Crippen molar-refractivity contribution in [3.63, 3.8) is 0 Å². The van der Waals surface area contributed by atoms with Gasteiger partial charge in [-0.15, -0.1) is 0 Å². The highest BCUT2D eigenvalue weighted by atomic mass is 32.2. The summed E-state index contributed by atoms with van der Waals surface area (Å²) in [7, 11) is -3.52. The molecule has 1 aliphatic rings. The Balaban J connectivity index is 1.59. The Morgan fingerprint density at radius 3 is 2.38 bits per heavy atom. The summed E-state index contributed by atoms with van der Waals surface area (Å²) in [5, 5.41) is 4.17. The van der Waals surface area contributed by atoms with E-state index in [1.165, 1.54) is 0 Å². The van der Waals surface area contributed by atoms with Crippen LogP contribution in [0, 0.1) is 0 Å². The van der Waals surface area contributed by atoms with E-state index in [-0.39, 0.29) is 0 Å². The zero-order valence-electron chi connectivity index (χ0n) is 14.5. The first-order valence-electron chi connectivity index (χ1n) is 8.79. The predicted molar refractivity (Wildman–Crippen MR) is 101 cm³/mol. The maximum absolute atomic E-state index is 13.0. The van der Waals surface area contributed by atoms with Crippen LogP contribution in [0.25, 0.3) is 0 Å². The zero-order valence-corrected chi connectivity index (χ0v) is 15.3. The molecule has 1 aliphatic heterocycles. The molecule has 1 aromatic heterocycles. The quantitative estimate of drug-likeness (QED) is 0.694. The van der Waals surface area contributed by atoms with E-state index in [0.717, 1.165) is 37.2 Å². The molecule has 0 bridgehead atoms. The maximum atomic E-state index is 13.0. The number of benzene rings is 2. The molecule has 2 heterocycles. The highest BCUT2D eigenvalue weighted by Crippen LogP contribution is 2.27. The summed E-state index contributed by atoms with van der Waals surface area (Å²) in [6.45, 7) is 2.61. The fraction of sp³-hybridized carbons (Fsp3) is 0.250. The largest absolute Gasteiger partial charge is 0.372 e. The van der Waals surface area contributed by atoms with Gasteiger partial charge in [-0.2, -0.15) is 5.10 Å². The molecule has 0 saturated carbocycles. The fourth-order valence-electron chi connectivity index (χ4n) is 3.31. The van der Waals surface area contributed by atoms with Crippen molar-refractivity contribution < 1.29 is 8.42 Å². The lowest BCUT2D eigenvalue weighted by molar-refractivity contribution is 0.596. The summed E-state index contributed by atoms with van der Waals surface area (Å²) in [6.07, 6.45) is 5.93. The maximum Gasteiger partial charge on any atom is 0.206 e. The summed E-state index contributed by atoms with van der Waals surface area (Å²) < 4.78 is 27.8. The number of hydrogen-bond acceptors (Lipinski definition) is 4. The average Bonchev–Trinajstić information content (AvgIpc) is 3.36. The van der Waals surface area contributed by atoms with Crippen LogP contribution in [-0.4, -0.2) is 31.3 Å². The molecule has 4 rings (SSSR count). The van der Waals surface area contributed by atoms with Gasteiger partial charge >= 0.3 is 0 Å². The third kappa shape index (κ3) is 3.37. The van der Waals surface area contributed by atoms with E-state index in [2.05, 4.69) is 10.00 Å². The number of anilines is 1. The Hall–Kier alpha value is -2.60. The first-order valence-corrected chi connectivity index (χ1v) is 10.3. The van der Waals surface area contributed by atoms with Crippen molar-refractivity contribution in [2.75, 3.05) is 18.0 Å². The molecular formula is C20H21N3O2S. The zero-order chi connectivity index (χ0) is 18.0. The van der Waals surface area contributed by atoms with E-state index >= 15 is 0 Å². The molecule has 0 spiro atoms. The predicted octanol–water partition coefficient (Wildman–Crippen LogP) is 3.36. The molecule has 6 heteroatoms. The topological polar surface area (TPSA) is 55.2 Å². The van der Waals surface area contributed by atoms with Gasteiger partial charge in [0.05, 0.1) is 16.3 Å². The van der Waals surface area contributed by atoms with Crippen LogP contribution in [0.1, 0.15) is 18.4 Å². The van der Waals surface area contributed by atoms with Gasteiger partial charge in [0.1, 0.15) is 0 Å². The van der Waals surface area contributed by atoms with Crippen LogP contribution in [0.2, 0.25) is 0 Å². The fourth-order valence-corrected chi connectivity index (χ4v) is 4.61. The van der Waals surface area contributed by atoms with Gasteiger partial charge in [0.15, 0.2) is 0 Å². The minimum atomic E-state index is -3.52. The van der Waals surface area contributed by atoms with Crippen LogP contribution in [0.15, 0.2) is 76.8 Å². The summed E-state index contributed by atoms with van der Waals surface area (Å²) in [4.78, 5) is 2.91. The van der Waals surface area contributed by atoms with Gasteiger partial charge in [-0.25, -0.2) is 8.42 Å². The van der Waals surface area contributed by atoms with Gasteiger partial charge in [-0.05, 0) is 54.8 Å². The molecule has 0 aliphatic carbocycles. The van der Waals surface area contributed by atoms with Gasteiger partial charge in [-0.1, -0.05) is 18.2 Å². The lowest BCUT2D eigenvalue weighted by atomic mass is 10.2. The highest BCUT2D eigenvalue weighted by molar-refractivity contribution is 7.91. The van der Waals surface area contributed by atoms with E-state index in [1.807, 2.05) is 41.2 Å². The summed E-state index contributed by atoms with van der Waals surface area (Å²) >= 11 is 0. The normalized spacial score (nSPS) is 14.7. The van der Waals surface area contributed by atoms with Crippen molar-refractivity contribution in [2.45, 2.75) is 29.2 Å². The van der Waals surface area contributed by atoms with E-state index in [9.17, 15) is 8.42 Å². The Labute approximate surface area is 153 Å². The molecule has 0 atom stereocenters. The number of hydrogen-bond donors (Lipinski definition) is 0. The van der Waals surface area contributed by atoms with Crippen LogP contribution in [0.5, 0.6) is 0 Å². The van der Waals surface area contributed by atoms with Crippen LogP contribution in [-0.2, 0) is 16.4 Å². The molecule has 26 heavy (non-hydrogen) atoms. The monoisotopic (exact) mass is 367 g/mol. The first kappa shape index (κ1) is 16.8. The second-order valence-corrected chi connectivity index (χ2v) is 8.49. The summed E-state index contributed by atoms with van der Waals surface area (Å²) in [5.74, 6) is 0. The molecule has 0 amide bonds. The molecule has 1 saturated heterocycles. The number of rotatable bonds is 5. The molecule has 1 fully saturated rings. The van der Waals surface area contributed by atoms with Crippen LogP contribution >= 0.6 is 0 Å². The average molecular weight is 367 g/mol. The molecule has 2 aromatic carbocycles. The first-order chi connectivity index (χ1) is 12.6. The van der Waals surface area contributed by atoms with Crippen molar-refractivity contribution in [2.24, 2.45) is 0 Å². The van der Waals surface area contributed by atoms with Crippen molar-refractivity contribution in [3.05, 3.63) is 72.6 Å². The standard InChI is InChI=1S/C20H21N3O2S/c24-26(25,20-6-3-5-18(15-20)22-12-1-2-13-22)19-9-7-17(8-10-19)16-23-14-4-11-21-23/h3-11,14-15H,1-2,12-13,16H2. The Kier molecular flexibility index (Phi) is 4.51. The lowest BCUT2D eigenvalue weighted by Crippen LogP contribution is -2.17. The van der Waals surface area contributed by atoms with Crippen LogP contribution < -0.4 is 4.90 Å². The molecule has 0 N–H and O–H groups in total. The summed E-state index contributed by atoms with van der Waals surface area (Å²) in [6, 6.07) is 16.2. The summed E-state index contributed by atoms with van der Waals surface area (Å²) in [5.41, 5.74) is 2.00. The number of aromatic nitrogens is 2. The van der Waals surface area contributed by atoms with Gasteiger partial charge in [0.2, 0.25) is 9.84 Å². The van der Waals surface area contributed by atoms with E-state index < -0.39 is 9.84 Å². The lowest BCUT2D eigenvalue weighted by Gasteiger charge is -2.18. The Morgan fingerprint density at radius 1 is 0.923 bits per heavy atom. The van der Waals surface area contributed by atoms with E-state index in [4.69, 9.17) is 0 Å². The molecule has 0 unspecified atom stereocenters. The van der Waals surface area contributed by atoms with Gasteiger partial charge in [0, 0.05) is 31.2 Å². The smallest absolute Gasteiger partial charge is 0.206 e.